The second-order valence-electron chi connectivity index (χ2n) is 9.42. The Bertz CT molecular complexity index is 1240. The van der Waals surface area contributed by atoms with Gasteiger partial charge in [-0.2, -0.15) is 5.01 Å². The quantitative estimate of drug-likeness (QED) is 0.321. The smallest absolute Gasteiger partial charge is 0.274 e. The van der Waals surface area contributed by atoms with Crippen LogP contribution in [0.4, 0.5) is 0 Å². The molecule has 2 aromatic rings. The normalized spacial score (nSPS) is 30.2. The Hall–Kier alpha value is -2.77. The van der Waals surface area contributed by atoms with Gasteiger partial charge in [0.05, 0.1) is 22.4 Å². The van der Waals surface area contributed by atoms with E-state index in [1.165, 1.54) is 6.07 Å². The fourth-order valence-electron chi connectivity index (χ4n) is 6.05. The molecule has 0 spiro atoms. The summed E-state index contributed by atoms with van der Waals surface area (Å²) in [7, 11) is 0. The molecule has 172 valence electrons. The molecule has 0 aromatic heterocycles. The molecular formula is C26H20BrClN2O4. The maximum Gasteiger partial charge on any atom is 0.274 e. The highest BCUT2D eigenvalue weighted by molar-refractivity contribution is 9.10. The van der Waals surface area contributed by atoms with Crippen LogP contribution in [0.2, 0.25) is 5.02 Å². The number of carbonyl (C=O) groups is 4. The highest BCUT2D eigenvalue weighted by Gasteiger charge is 2.68. The molecule has 1 aliphatic heterocycles. The van der Waals surface area contributed by atoms with Crippen LogP contribution in [0.25, 0.3) is 0 Å². The molecule has 0 N–H and O–H groups in total. The van der Waals surface area contributed by atoms with Gasteiger partial charge in [-0.25, -0.2) is 5.01 Å². The molecule has 1 heterocycles. The molecular weight excluding hydrogens is 520 g/mol. The van der Waals surface area contributed by atoms with Gasteiger partial charge in [0, 0.05) is 10.0 Å². The summed E-state index contributed by atoms with van der Waals surface area (Å²) in [5.74, 6) is -1.88. The molecule has 3 fully saturated rings. The van der Waals surface area contributed by atoms with Gasteiger partial charge in [-0.3, -0.25) is 19.2 Å². The summed E-state index contributed by atoms with van der Waals surface area (Å²) in [5.41, 5.74) is 0.506. The molecule has 7 rings (SSSR count). The third-order valence-electron chi connectivity index (χ3n) is 7.68. The molecule has 2 aromatic carbocycles. The predicted octanol–water partition coefficient (Wildman–Crippen LogP) is 4.40. The molecule has 4 aliphatic carbocycles. The summed E-state index contributed by atoms with van der Waals surface area (Å²) in [6.07, 6.45) is 5.18. The second kappa shape index (κ2) is 7.89. The van der Waals surface area contributed by atoms with Gasteiger partial charge in [-0.15, -0.1) is 0 Å². The first-order valence-electron chi connectivity index (χ1n) is 11.3. The van der Waals surface area contributed by atoms with E-state index in [0.717, 1.165) is 20.9 Å². The highest BCUT2D eigenvalue weighted by Crippen LogP contribution is 2.65. The monoisotopic (exact) mass is 538 g/mol. The number of benzene rings is 2. The zero-order chi connectivity index (χ0) is 23.7. The highest BCUT2D eigenvalue weighted by atomic mass is 79.9. The van der Waals surface area contributed by atoms with Crippen LogP contribution >= 0.6 is 27.5 Å². The number of Topliss-reactive ketones (excluding diaryl/α,β-unsaturated/α-hetero) is 1. The number of rotatable bonds is 5. The molecule has 2 saturated carbocycles. The molecule has 6 nitrogen and oxygen atoms in total. The Morgan fingerprint density at radius 1 is 0.941 bits per heavy atom. The van der Waals surface area contributed by atoms with Crippen molar-refractivity contribution >= 4 is 51.0 Å². The fourth-order valence-corrected chi connectivity index (χ4v) is 6.53. The van der Waals surface area contributed by atoms with Crippen LogP contribution in [0.3, 0.4) is 0 Å². The number of carbonyl (C=O) groups excluding carboxylic acids is 4. The van der Waals surface area contributed by atoms with Crippen molar-refractivity contribution in [2.24, 2.45) is 35.5 Å². The zero-order valence-electron chi connectivity index (χ0n) is 17.9. The van der Waals surface area contributed by atoms with Gasteiger partial charge in [-0.1, -0.05) is 63.9 Å². The minimum absolute atomic E-state index is 0.0147. The number of halogens is 2. The fraction of sp³-hybridized carbons (Fsp3) is 0.308. The van der Waals surface area contributed by atoms with E-state index in [-0.39, 0.29) is 28.2 Å². The first kappa shape index (κ1) is 21.7. The zero-order valence-corrected chi connectivity index (χ0v) is 20.3. The SMILES string of the molecule is O=C(CN(C(=O)c1ccccc1Cl)N1C(=O)[C@@H]2[C@H]3C=C[C@@H]([C@@H]4C[C@H]34)[C@H]2C1=O)c1ccc(Br)cc1. The average Bonchev–Trinajstić information content (AvgIpc) is 3.61. The van der Waals surface area contributed by atoms with Crippen molar-refractivity contribution in [1.82, 2.24) is 10.0 Å². The molecule has 5 aliphatic rings. The van der Waals surface area contributed by atoms with E-state index in [0.29, 0.717) is 17.4 Å². The summed E-state index contributed by atoms with van der Waals surface area (Å²) >= 11 is 9.62. The van der Waals surface area contributed by atoms with Crippen LogP contribution in [0, 0.1) is 35.5 Å². The number of hydrazine groups is 1. The molecule has 34 heavy (non-hydrogen) atoms. The van der Waals surface area contributed by atoms with Gasteiger partial charge in [0.15, 0.2) is 5.78 Å². The Balaban J connectivity index is 1.37. The van der Waals surface area contributed by atoms with Crippen LogP contribution in [0.15, 0.2) is 65.2 Å². The van der Waals surface area contributed by atoms with Crippen LogP contribution in [0.5, 0.6) is 0 Å². The van der Waals surface area contributed by atoms with E-state index in [9.17, 15) is 19.2 Å². The van der Waals surface area contributed by atoms with E-state index >= 15 is 0 Å². The van der Waals surface area contributed by atoms with Gasteiger partial charge in [-0.05, 0) is 54.4 Å². The van der Waals surface area contributed by atoms with Crippen molar-refractivity contribution in [3.05, 3.63) is 81.3 Å². The number of amides is 3. The lowest BCUT2D eigenvalue weighted by molar-refractivity contribution is -0.154. The Morgan fingerprint density at radius 2 is 1.53 bits per heavy atom. The van der Waals surface area contributed by atoms with Crippen LogP contribution in [-0.2, 0) is 9.59 Å². The van der Waals surface area contributed by atoms with Gasteiger partial charge < -0.3 is 0 Å². The molecule has 3 amide bonds. The largest absolute Gasteiger partial charge is 0.292 e. The molecule has 2 bridgehead atoms. The van der Waals surface area contributed by atoms with Crippen molar-refractivity contribution in [3.63, 3.8) is 0 Å². The number of hydrogen-bond acceptors (Lipinski definition) is 4. The van der Waals surface area contributed by atoms with Crippen molar-refractivity contribution < 1.29 is 19.2 Å². The molecule has 6 atom stereocenters. The Labute approximate surface area is 209 Å². The van der Waals surface area contributed by atoms with Crippen molar-refractivity contribution in [1.29, 1.82) is 0 Å². The minimum atomic E-state index is -0.651. The first-order chi connectivity index (χ1) is 16.4. The van der Waals surface area contributed by atoms with E-state index in [1.54, 1.807) is 42.5 Å². The van der Waals surface area contributed by atoms with Gasteiger partial charge in [0.1, 0.15) is 6.54 Å². The lowest BCUT2D eigenvalue weighted by Crippen LogP contribution is -2.52. The molecule has 0 unspecified atom stereocenters. The van der Waals surface area contributed by atoms with Crippen molar-refractivity contribution in [2.45, 2.75) is 6.42 Å². The lowest BCUT2D eigenvalue weighted by Gasteiger charge is -2.37. The minimum Gasteiger partial charge on any atom is -0.292 e. The summed E-state index contributed by atoms with van der Waals surface area (Å²) in [4.78, 5) is 54.1. The van der Waals surface area contributed by atoms with Gasteiger partial charge in [0.2, 0.25) is 0 Å². The van der Waals surface area contributed by atoms with Crippen LogP contribution in [0.1, 0.15) is 27.1 Å². The van der Waals surface area contributed by atoms with E-state index in [4.69, 9.17) is 11.6 Å². The maximum absolute atomic E-state index is 13.7. The third kappa shape index (κ3) is 3.21. The van der Waals surface area contributed by atoms with Crippen LogP contribution in [-0.4, -0.2) is 40.1 Å². The average molecular weight is 540 g/mol. The summed E-state index contributed by atoms with van der Waals surface area (Å²) in [5, 5.41) is 2.13. The molecule has 0 radical (unpaired) electrons. The third-order valence-corrected chi connectivity index (χ3v) is 8.54. The molecule has 8 heteroatoms. The summed E-state index contributed by atoms with van der Waals surface area (Å²) in [6.45, 7) is -0.446. The van der Waals surface area contributed by atoms with E-state index < -0.39 is 36.1 Å². The van der Waals surface area contributed by atoms with Gasteiger partial charge >= 0.3 is 0 Å². The first-order valence-corrected chi connectivity index (χ1v) is 12.4. The number of ketones is 1. The van der Waals surface area contributed by atoms with Crippen molar-refractivity contribution in [3.8, 4) is 0 Å². The van der Waals surface area contributed by atoms with Crippen LogP contribution < -0.4 is 0 Å². The topological polar surface area (TPSA) is 74.8 Å². The van der Waals surface area contributed by atoms with E-state index in [1.807, 2.05) is 0 Å². The maximum atomic E-state index is 13.7. The number of allylic oxidation sites excluding steroid dienone is 2. The standard InChI is InChI=1S/C26H20BrClN2O4/c27-14-7-5-13(6-8-14)21(31)12-29(24(32)17-3-1-2-4-20(17)28)30-25(33)22-15-9-10-16(19-11-18(15)19)23(22)26(30)34/h1-10,15-16,18-19,22-23H,11-12H2/t15-,16-,18-,19+,22+,23+/m0/s1. The molecule has 1 saturated heterocycles. The number of hydrogen-bond donors (Lipinski definition) is 0. The number of nitrogens with zero attached hydrogens (tertiary/aromatic N) is 2. The summed E-state index contributed by atoms with van der Waals surface area (Å²) < 4.78 is 0.809. The van der Waals surface area contributed by atoms with E-state index in [2.05, 4.69) is 28.1 Å². The Kier molecular flexibility index (Phi) is 5.04. The number of imide groups is 1. The Morgan fingerprint density at radius 3 is 2.12 bits per heavy atom. The lowest BCUT2D eigenvalue weighted by atomic mass is 9.63. The predicted molar refractivity (Wildman–Crippen MR) is 128 cm³/mol. The van der Waals surface area contributed by atoms with Crippen molar-refractivity contribution in [2.75, 3.05) is 6.54 Å². The second-order valence-corrected chi connectivity index (χ2v) is 10.7. The summed E-state index contributed by atoms with van der Waals surface area (Å²) in [6, 6.07) is 13.2. The van der Waals surface area contributed by atoms with Gasteiger partial charge in [0.25, 0.3) is 17.7 Å².